The zero-order valence-electron chi connectivity index (χ0n) is 12.1. The average molecular weight is 306 g/mol. The molecule has 1 aliphatic heterocycles. The van der Waals surface area contributed by atoms with E-state index in [4.69, 9.17) is 0 Å². The summed E-state index contributed by atoms with van der Waals surface area (Å²) < 4.78 is 3.94. The maximum atomic E-state index is 12.7. The van der Waals surface area contributed by atoms with Crippen molar-refractivity contribution in [3.05, 3.63) is 22.7 Å². The van der Waals surface area contributed by atoms with E-state index in [1.54, 1.807) is 0 Å². The first-order valence-corrected chi connectivity index (χ1v) is 7.91. The number of H-pyrrole nitrogens is 1. The molecular formula is C13H18N6OS. The van der Waals surface area contributed by atoms with Gasteiger partial charge in [-0.15, -0.1) is 5.10 Å². The average Bonchev–Trinajstić information content (AvgIpc) is 3.17. The van der Waals surface area contributed by atoms with Gasteiger partial charge in [0.05, 0.1) is 5.69 Å². The van der Waals surface area contributed by atoms with Gasteiger partial charge < -0.3 is 4.90 Å². The van der Waals surface area contributed by atoms with Crippen LogP contribution in [0.1, 0.15) is 59.7 Å². The number of piperidine rings is 1. The molecule has 21 heavy (non-hydrogen) atoms. The largest absolute Gasteiger partial charge is 0.337 e. The standard InChI is InChI=1S/C13H18N6OS/c1-8(2)10-11(21-18-16-10)13(20)19-5-3-4-9(6-19)12-14-7-15-17-12/h7-9H,3-6H2,1-2H3,(H,14,15,17)/t9-/m1/s1. The molecule has 0 saturated carbocycles. The lowest BCUT2D eigenvalue weighted by atomic mass is 9.97. The Balaban J connectivity index is 1.77. The number of carbonyl (C=O) groups excluding carboxylic acids is 1. The first-order chi connectivity index (χ1) is 10.2. The Morgan fingerprint density at radius 2 is 2.38 bits per heavy atom. The summed E-state index contributed by atoms with van der Waals surface area (Å²) in [4.78, 5) is 19.5. The lowest BCUT2D eigenvalue weighted by molar-refractivity contribution is 0.0708. The van der Waals surface area contributed by atoms with Crippen molar-refractivity contribution in [3.63, 3.8) is 0 Å². The van der Waals surface area contributed by atoms with Gasteiger partial charge in [0.2, 0.25) is 0 Å². The topological polar surface area (TPSA) is 87.7 Å². The van der Waals surface area contributed by atoms with E-state index in [0.717, 1.165) is 30.9 Å². The molecule has 1 aliphatic rings. The van der Waals surface area contributed by atoms with Gasteiger partial charge in [-0.3, -0.25) is 9.89 Å². The van der Waals surface area contributed by atoms with Crippen LogP contribution in [0.4, 0.5) is 0 Å². The molecule has 1 N–H and O–H groups in total. The SMILES string of the molecule is CC(C)c1nnsc1C(=O)N1CCC[C@@H](c2ncn[nH]2)C1. The second-order valence-electron chi connectivity index (χ2n) is 5.60. The van der Waals surface area contributed by atoms with Crippen molar-refractivity contribution in [1.29, 1.82) is 0 Å². The van der Waals surface area contributed by atoms with Crippen molar-refractivity contribution in [3.8, 4) is 0 Å². The Kier molecular flexibility index (Phi) is 3.96. The van der Waals surface area contributed by atoms with E-state index in [1.807, 2.05) is 18.7 Å². The zero-order valence-corrected chi connectivity index (χ0v) is 12.9. The van der Waals surface area contributed by atoms with Gasteiger partial charge in [0.15, 0.2) is 0 Å². The van der Waals surface area contributed by atoms with Gasteiger partial charge in [0.25, 0.3) is 5.91 Å². The van der Waals surface area contributed by atoms with Gasteiger partial charge in [0.1, 0.15) is 17.0 Å². The normalized spacial score (nSPS) is 19.2. The summed E-state index contributed by atoms with van der Waals surface area (Å²) in [5.74, 6) is 1.34. The first kappa shape index (κ1) is 14.1. The summed E-state index contributed by atoms with van der Waals surface area (Å²) >= 11 is 1.19. The van der Waals surface area contributed by atoms with Crippen molar-refractivity contribution in [2.75, 3.05) is 13.1 Å². The van der Waals surface area contributed by atoms with Crippen LogP contribution in [-0.4, -0.2) is 48.7 Å². The number of carbonyl (C=O) groups is 1. The number of hydrogen-bond donors (Lipinski definition) is 1. The number of rotatable bonds is 3. The highest BCUT2D eigenvalue weighted by Gasteiger charge is 2.30. The molecule has 0 aliphatic carbocycles. The third-order valence-electron chi connectivity index (χ3n) is 3.78. The minimum absolute atomic E-state index is 0.0397. The van der Waals surface area contributed by atoms with Crippen LogP contribution in [0.25, 0.3) is 0 Å². The van der Waals surface area contributed by atoms with Crippen LogP contribution in [0.2, 0.25) is 0 Å². The molecule has 2 aromatic heterocycles. The van der Waals surface area contributed by atoms with E-state index in [9.17, 15) is 4.79 Å². The number of amides is 1. The van der Waals surface area contributed by atoms with Crippen molar-refractivity contribution in [2.24, 2.45) is 0 Å². The number of aromatic nitrogens is 5. The van der Waals surface area contributed by atoms with Gasteiger partial charge >= 0.3 is 0 Å². The Morgan fingerprint density at radius 1 is 1.52 bits per heavy atom. The van der Waals surface area contributed by atoms with Crippen LogP contribution < -0.4 is 0 Å². The summed E-state index contributed by atoms with van der Waals surface area (Å²) in [5, 5.41) is 10.9. The van der Waals surface area contributed by atoms with Crippen LogP contribution in [-0.2, 0) is 0 Å². The summed E-state index contributed by atoms with van der Waals surface area (Å²) in [6.07, 6.45) is 3.51. The lowest BCUT2D eigenvalue weighted by Crippen LogP contribution is -2.39. The molecular weight excluding hydrogens is 288 g/mol. The second-order valence-corrected chi connectivity index (χ2v) is 6.36. The van der Waals surface area contributed by atoms with Crippen LogP contribution in [0.5, 0.6) is 0 Å². The number of likely N-dealkylation sites (tertiary alicyclic amines) is 1. The highest BCUT2D eigenvalue weighted by molar-refractivity contribution is 7.08. The molecule has 1 amide bonds. The summed E-state index contributed by atoms with van der Waals surface area (Å²) in [6, 6.07) is 0. The molecule has 3 rings (SSSR count). The smallest absolute Gasteiger partial charge is 0.267 e. The predicted molar refractivity (Wildman–Crippen MR) is 78.3 cm³/mol. The second kappa shape index (κ2) is 5.88. The highest BCUT2D eigenvalue weighted by atomic mass is 32.1. The van der Waals surface area contributed by atoms with Gasteiger partial charge in [-0.05, 0) is 30.3 Å². The van der Waals surface area contributed by atoms with Gasteiger partial charge in [-0.1, -0.05) is 18.3 Å². The fraction of sp³-hybridized carbons (Fsp3) is 0.615. The number of aromatic amines is 1. The fourth-order valence-corrected chi connectivity index (χ4v) is 3.45. The van der Waals surface area contributed by atoms with E-state index in [-0.39, 0.29) is 17.7 Å². The number of nitrogens with zero attached hydrogens (tertiary/aromatic N) is 5. The van der Waals surface area contributed by atoms with Crippen LogP contribution in [0, 0.1) is 0 Å². The van der Waals surface area contributed by atoms with E-state index in [0.29, 0.717) is 11.4 Å². The van der Waals surface area contributed by atoms with Crippen LogP contribution in [0.3, 0.4) is 0 Å². The fourth-order valence-electron chi connectivity index (χ4n) is 2.66. The van der Waals surface area contributed by atoms with E-state index >= 15 is 0 Å². The molecule has 8 heteroatoms. The molecule has 112 valence electrons. The Labute approximate surface area is 126 Å². The lowest BCUT2D eigenvalue weighted by Gasteiger charge is -2.31. The third-order valence-corrected chi connectivity index (χ3v) is 4.51. The minimum atomic E-state index is 0.0397. The van der Waals surface area contributed by atoms with E-state index < -0.39 is 0 Å². The maximum Gasteiger partial charge on any atom is 0.267 e. The zero-order chi connectivity index (χ0) is 14.8. The first-order valence-electron chi connectivity index (χ1n) is 7.13. The van der Waals surface area contributed by atoms with E-state index in [1.165, 1.54) is 17.9 Å². The highest BCUT2D eigenvalue weighted by Crippen LogP contribution is 2.27. The predicted octanol–water partition coefficient (Wildman–Crippen LogP) is 1.80. The molecule has 0 aromatic carbocycles. The minimum Gasteiger partial charge on any atom is -0.337 e. The summed E-state index contributed by atoms with van der Waals surface area (Å²) in [6.45, 7) is 5.50. The maximum absolute atomic E-state index is 12.7. The molecule has 1 atom stereocenters. The van der Waals surface area contributed by atoms with Gasteiger partial charge in [-0.2, -0.15) is 5.10 Å². The Bertz CT molecular complexity index is 608. The monoisotopic (exact) mass is 306 g/mol. The van der Waals surface area contributed by atoms with Crippen molar-refractivity contribution >= 4 is 17.4 Å². The van der Waals surface area contributed by atoms with Gasteiger partial charge in [0, 0.05) is 19.0 Å². The molecule has 1 fully saturated rings. The number of nitrogens with one attached hydrogen (secondary N) is 1. The molecule has 0 spiro atoms. The molecule has 0 radical (unpaired) electrons. The quantitative estimate of drug-likeness (QED) is 0.934. The molecule has 7 nitrogen and oxygen atoms in total. The van der Waals surface area contributed by atoms with Crippen molar-refractivity contribution in [1.82, 2.24) is 29.7 Å². The number of hydrogen-bond acceptors (Lipinski definition) is 6. The molecule has 0 bridgehead atoms. The van der Waals surface area contributed by atoms with E-state index in [2.05, 4.69) is 24.8 Å². The van der Waals surface area contributed by atoms with Crippen LogP contribution >= 0.6 is 11.5 Å². The molecule has 2 aromatic rings. The molecule has 1 saturated heterocycles. The van der Waals surface area contributed by atoms with Crippen molar-refractivity contribution in [2.45, 2.75) is 38.5 Å². The van der Waals surface area contributed by atoms with Crippen LogP contribution in [0.15, 0.2) is 6.33 Å². The molecule has 0 unspecified atom stereocenters. The third kappa shape index (κ3) is 2.80. The Hall–Kier alpha value is -1.83. The van der Waals surface area contributed by atoms with Crippen molar-refractivity contribution < 1.29 is 4.79 Å². The summed E-state index contributed by atoms with van der Waals surface area (Å²) in [7, 11) is 0. The molecule has 3 heterocycles. The summed E-state index contributed by atoms with van der Waals surface area (Å²) in [5.41, 5.74) is 0.798. The Morgan fingerprint density at radius 3 is 3.10 bits per heavy atom. The van der Waals surface area contributed by atoms with Gasteiger partial charge in [-0.25, -0.2) is 4.98 Å².